The number of fused-ring (bicyclic) bond motifs is 1. The molecule has 0 aromatic carbocycles. The van der Waals surface area contributed by atoms with E-state index in [4.69, 9.17) is 4.74 Å². The lowest BCUT2D eigenvalue weighted by Crippen LogP contribution is -2.45. The maximum atomic E-state index is 12.8. The van der Waals surface area contributed by atoms with Gasteiger partial charge >= 0.3 is 5.69 Å². The van der Waals surface area contributed by atoms with Crippen LogP contribution >= 0.6 is 0 Å². The summed E-state index contributed by atoms with van der Waals surface area (Å²) in [7, 11) is 1.60. The lowest BCUT2D eigenvalue weighted by molar-refractivity contribution is -0.134. The molecule has 1 aliphatic heterocycles. The number of carbonyl (C=O) groups excluding carboxylic acids is 1. The molecule has 0 radical (unpaired) electrons. The molecule has 0 saturated carbocycles. The van der Waals surface area contributed by atoms with Crippen LogP contribution in [0.3, 0.4) is 0 Å². The predicted molar refractivity (Wildman–Crippen MR) is 95.4 cm³/mol. The minimum Gasteiger partial charge on any atom is -0.383 e. The van der Waals surface area contributed by atoms with E-state index in [0.29, 0.717) is 36.2 Å². The fourth-order valence-electron chi connectivity index (χ4n) is 3.79. The van der Waals surface area contributed by atoms with Gasteiger partial charge in [-0.25, -0.2) is 9.78 Å². The Labute approximate surface area is 147 Å². The zero-order valence-corrected chi connectivity index (χ0v) is 15.1. The van der Waals surface area contributed by atoms with Crippen LogP contribution < -0.4 is 5.69 Å². The molecule has 7 nitrogen and oxygen atoms in total. The molecule has 2 aromatic heterocycles. The van der Waals surface area contributed by atoms with Crippen LogP contribution in [0.4, 0.5) is 0 Å². The average molecular weight is 346 g/mol. The summed E-state index contributed by atoms with van der Waals surface area (Å²) < 4.78 is 8.20. The highest BCUT2D eigenvalue weighted by Crippen LogP contribution is 2.21. The van der Waals surface area contributed by atoms with Gasteiger partial charge in [0.15, 0.2) is 5.65 Å². The first-order valence-corrected chi connectivity index (χ1v) is 8.82. The number of likely N-dealkylation sites (tertiary alicyclic amines) is 1. The average Bonchev–Trinajstić information content (AvgIpc) is 2.84. The third-order valence-electron chi connectivity index (χ3n) is 4.81. The largest absolute Gasteiger partial charge is 0.383 e. The number of imidazole rings is 1. The topological polar surface area (TPSA) is 69.4 Å². The van der Waals surface area contributed by atoms with Crippen molar-refractivity contribution in [1.29, 1.82) is 0 Å². The molecule has 136 valence electrons. The Hall–Kier alpha value is -2.15. The molecule has 0 unspecified atom stereocenters. The van der Waals surface area contributed by atoms with Crippen molar-refractivity contribution in [3.05, 3.63) is 28.8 Å². The van der Waals surface area contributed by atoms with E-state index in [1.165, 1.54) is 4.57 Å². The number of methoxy groups -OCH3 is 1. The van der Waals surface area contributed by atoms with Crippen LogP contribution in [0.25, 0.3) is 11.2 Å². The third-order valence-corrected chi connectivity index (χ3v) is 4.81. The number of piperidine rings is 1. The maximum absolute atomic E-state index is 12.8. The molecule has 2 aromatic rings. The number of aromatic nitrogens is 3. The van der Waals surface area contributed by atoms with Crippen molar-refractivity contribution in [2.45, 2.75) is 33.4 Å². The smallest absolute Gasteiger partial charge is 0.330 e. The van der Waals surface area contributed by atoms with Crippen LogP contribution in [-0.4, -0.2) is 51.7 Å². The molecule has 1 amide bonds. The van der Waals surface area contributed by atoms with Crippen LogP contribution in [0, 0.1) is 11.8 Å². The molecule has 1 saturated heterocycles. The third kappa shape index (κ3) is 3.61. The van der Waals surface area contributed by atoms with Crippen molar-refractivity contribution < 1.29 is 9.53 Å². The van der Waals surface area contributed by atoms with E-state index in [0.717, 1.165) is 19.5 Å². The first-order chi connectivity index (χ1) is 12.0. The Balaban J connectivity index is 1.89. The Kier molecular flexibility index (Phi) is 5.22. The highest BCUT2D eigenvalue weighted by Gasteiger charge is 2.26. The van der Waals surface area contributed by atoms with E-state index in [1.807, 2.05) is 11.0 Å². The number of rotatable bonds is 5. The summed E-state index contributed by atoms with van der Waals surface area (Å²) in [5, 5.41) is 0. The standard InChI is InChI=1S/C18H26N4O3/c1-13-9-14(2)11-20(10-13)16(23)12-22-15-5-4-6-19-17(15)21(18(22)24)7-8-25-3/h4-6,13-14H,7-12H2,1-3H3/t13-,14-/m0/s1. The predicted octanol–water partition coefficient (Wildman–Crippen LogP) is 1.35. The van der Waals surface area contributed by atoms with Crippen LogP contribution in [0.2, 0.25) is 0 Å². The van der Waals surface area contributed by atoms with Crippen LogP contribution in [-0.2, 0) is 22.6 Å². The Morgan fingerprint density at radius 2 is 2.00 bits per heavy atom. The first kappa shape index (κ1) is 17.7. The number of nitrogens with zero attached hydrogens (tertiary/aromatic N) is 4. The van der Waals surface area contributed by atoms with Gasteiger partial charge in [-0.15, -0.1) is 0 Å². The summed E-state index contributed by atoms with van der Waals surface area (Å²) in [6.07, 6.45) is 2.80. The first-order valence-electron chi connectivity index (χ1n) is 8.82. The van der Waals surface area contributed by atoms with Gasteiger partial charge in [0.05, 0.1) is 18.7 Å². The van der Waals surface area contributed by atoms with Gasteiger partial charge in [-0.3, -0.25) is 13.9 Å². The number of amides is 1. The summed E-state index contributed by atoms with van der Waals surface area (Å²) in [4.78, 5) is 31.8. The highest BCUT2D eigenvalue weighted by atomic mass is 16.5. The lowest BCUT2D eigenvalue weighted by Gasteiger charge is -2.35. The van der Waals surface area contributed by atoms with E-state index in [9.17, 15) is 9.59 Å². The molecule has 1 aliphatic rings. The second-order valence-corrected chi connectivity index (χ2v) is 7.10. The molecule has 3 heterocycles. The van der Waals surface area contributed by atoms with Gasteiger partial charge in [0.2, 0.25) is 5.91 Å². The maximum Gasteiger partial charge on any atom is 0.330 e. The van der Waals surface area contributed by atoms with E-state index in [1.54, 1.807) is 23.9 Å². The lowest BCUT2D eigenvalue weighted by atomic mass is 9.92. The van der Waals surface area contributed by atoms with Gasteiger partial charge in [0.25, 0.3) is 0 Å². The molecule has 1 fully saturated rings. The molecular weight excluding hydrogens is 320 g/mol. The second-order valence-electron chi connectivity index (χ2n) is 7.10. The summed E-state index contributed by atoms with van der Waals surface area (Å²) in [5.41, 5.74) is 1.07. The quantitative estimate of drug-likeness (QED) is 0.819. The number of ether oxygens (including phenoxy) is 1. The summed E-state index contributed by atoms with van der Waals surface area (Å²) in [6, 6.07) is 3.62. The van der Waals surface area contributed by atoms with E-state index in [2.05, 4.69) is 18.8 Å². The van der Waals surface area contributed by atoms with Crippen molar-refractivity contribution in [2.24, 2.45) is 11.8 Å². The summed E-state index contributed by atoms with van der Waals surface area (Å²) in [6.45, 7) is 6.76. The molecule has 0 aliphatic carbocycles. The van der Waals surface area contributed by atoms with Gasteiger partial charge in [0, 0.05) is 26.4 Å². The monoisotopic (exact) mass is 346 g/mol. The molecular formula is C18H26N4O3. The van der Waals surface area contributed by atoms with Gasteiger partial charge in [-0.2, -0.15) is 0 Å². The van der Waals surface area contributed by atoms with Gasteiger partial charge in [-0.1, -0.05) is 13.8 Å². The fraction of sp³-hybridized carbons (Fsp3) is 0.611. The minimum atomic E-state index is -0.211. The molecule has 7 heteroatoms. The van der Waals surface area contributed by atoms with E-state index >= 15 is 0 Å². The van der Waals surface area contributed by atoms with Crippen molar-refractivity contribution in [1.82, 2.24) is 19.0 Å². The Morgan fingerprint density at radius 1 is 1.28 bits per heavy atom. The highest BCUT2D eigenvalue weighted by molar-refractivity contribution is 5.79. The van der Waals surface area contributed by atoms with Gasteiger partial charge in [0.1, 0.15) is 6.54 Å². The van der Waals surface area contributed by atoms with Crippen LogP contribution in [0.15, 0.2) is 23.1 Å². The number of hydrogen-bond acceptors (Lipinski definition) is 4. The van der Waals surface area contributed by atoms with Crippen molar-refractivity contribution in [2.75, 3.05) is 26.8 Å². The molecule has 0 bridgehead atoms. The van der Waals surface area contributed by atoms with Gasteiger partial charge < -0.3 is 9.64 Å². The molecule has 25 heavy (non-hydrogen) atoms. The Bertz CT molecular complexity index is 800. The second kappa shape index (κ2) is 7.39. The zero-order chi connectivity index (χ0) is 18.0. The summed E-state index contributed by atoms with van der Waals surface area (Å²) in [5.74, 6) is 0.985. The van der Waals surface area contributed by atoms with Crippen molar-refractivity contribution >= 4 is 17.1 Å². The van der Waals surface area contributed by atoms with E-state index in [-0.39, 0.29) is 18.1 Å². The number of hydrogen-bond donors (Lipinski definition) is 0. The fourth-order valence-corrected chi connectivity index (χ4v) is 3.79. The van der Waals surface area contributed by atoms with Crippen molar-refractivity contribution in [3.8, 4) is 0 Å². The van der Waals surface area contributed by atoms with Crippen LogP contribution in [0.1, 0.15) is 20.3 Å². The van der Waals surface area contributed by atoms with Gasteiger partial charge in [-0.05, 0) is 30.4 Å². The summed E-state index contributed by atoms with van der Waals surface area (Å²) >= 11 is 0. The van der Waals surface area contributed by atoms with Crippen molar-refractivity contribution in [3.63, 3.8) is 0 Å². The molecule has 0 spiro atoms. The Morgan fingerprint density at radius 3 is 2.68 bits per heavy atom. The minimum absolute atomic E-state index is 0.00450. The zero-order valence-electron chi connectivity index (χ0n) is 15.1. The number of carbonyl (C=O) groups is 1. The van der Waals surface area contributed by atoms with E-state index < -0.39 is 0 Å². The molecule has 0 N–H and O–H groups in total. The SMILES string of the molecule is COCCn1c(=O)n(CC(=O)N2C[C@@H](C)C[C@H](C)C2)c2cccnc21. The molecule has 2 atom stereocenters. The number of pyridine rings is 1. The van der Waals surface area contributed by atoms with Crippen LogP contribution in [0.5, 0.6) is 0 Å². The normalized spacial score (nSPS) is 21.0. The molecule has 3 rings (SSSR count).